The number of halogens is 1. The van der Waals surface area contributed by atoms with Crippen molar-refractivity contribution in [2.24, 2.45) is 0 Å². The van der Waals surface area contributed by atoms with Crippen molar-refractivity contribution in [2.75, 3.05) is 20.3 Å². The molecule has 0 saturated carbocycles. The summed E-state index contributed by atoms with van der Waals surface area (Å²) in [6, 6.07) is 21.7. The number of benzene rings is 2. The van der Waals surface area contributed by atoms with Crippen molar-refractivity contribution in [1.29, 1.82) is 0 Å². The zero-order valence-corrected chi connectivity index (χ0v) is 18.1. The van der Waals surface area contributed by atoms with Gasteiger partial charge in [0.1, 0.15) is 12.4 Å². The molecule has 2 heterocycles. The van der Waals surface area contributed by atoms with E-state index in [2.05, 4.69) is 64.9 Å². The summed E-state index contributed by atoms with van der Waals surface area (Å²) < 4.78 is 11.7. The van der Waals surface area contributed by atoms with Gasteiger partial charge in [-0.25, -0.2) is 0 Å². The highest BCUT2D eigenvalue weighted by molar-refractivity contribution is 5.85. The van der Waals surface area contributed by atoms with E-state index in [4.69, 9.17) is 9.47 Å². The maximum absolute atomic E-state index is 5.91. The van der Waals surface area contributed by atoms with Crippen molar-refractivity contribution < 1.29 is 9.47 Å². The molecule has 2 atom stereocenters. The van der Waals surface area contributed by atoms with E-state index in [0.717, 1.165) is 36.3 Å². The lowest BCUT2D eigenvalue weighted by molar-refractivity contribution is 0.103. The summed E-state index contributed by atoms with van der Waals surface area (Å²) in [4.78, 5) is 4.38. The Balaban J connectivity index is 0.00000256. The summed E-state index contributed by atoms with van der Waals surface area (Å²) in [5.74, 6) is 0.820. The van der Waals surface area contributed by atoms with E-state index in [-0.39, 0.29) is 18.5 Å². The Morgan fingerprint density at radius 3 is 2.47 bits per heavy atom. The van der Waals surface area contributed by atoms with E-state index in [9.17, 15) is 0 Å². The molecule has 5 heteroatoms. The van der Waals surface area contributed by atoms with Gasteiger partial charge in [-0.15, -0.1) is 12.4 Å². The third kappa shape index (κ3) is 6.05. The number of nitrogens with zero attached hydrogens (tertiary/aromatic N) is 1. The van der Waals surface area contributed by atoms with Gasteiger partial charge in [-0.05, 0) is 48.6 Å². The average Bonchev–Trinajstić information content (AvgIpc) is 2.73. The van der Waals surface area contributed by atoms with Crippen LogP contribution < -0.4 is 10.1 Å². The summed E-state index contributed by atoms with van der Waals surface area (Å²) in [6.07, 6.45) is 6.78. The number of hydrogen-bond acceptors (Lipinski definition) is 4. The Morgan fingerprint density at radius 2 is 1.73 bits per heavy atom. The van der Waals surface area contributed by atoms with E-state index >= 15 is 0 Å². The van der Waals surface area contributed by atoms with Crippen molar-refractivity contribution in [3.05, 3.63) is 84.2 Å². The molecule has 158 valence electrons. The van der Waals surface area contributed by atoms with Crippen molar-refractivity contribution in [3.63, 3.8) is 0 Å². The largest absolute Gasteiger partial charge is 0.490 e. The van der Waals surface area contributed by atoms with Gasteiger partial charge in [0.2, 0.25) is 0 Å². The molecular weight excluding hydrogens is 396 g/mol. The predicted octanol–water partition coefficient (Wildman–Crippen LogP) is 4.71. The summed E-state index contributed by atoms with van der Waals surface area (Å²) >= 11 is 0. The molecule has 3 aromatic rings. The molecule has 1 N–H and O–H groups in total. The second kappa shape index (κ2) is 11.1. The fourth-order valence-electron chi connectivity index (χ4n) is 3.60. The molecule has 1 aliphatic heterocycles. The molecule has 1 aliphatic rings. The Kier molecular flexibility index (Phi) is 8.26. The lowest BCUT2D eigenvalue weighted by Crippen LogP contribution is -2.46. The van der Waals surface area contributed by atoms with Crippen LogP contribution in [-0.2, 0) is 17.6 Å². The van der Waals surface area contributed by atoms with Crippen molar-refractivity contribution in [3.8, 4) is 16.9 Å². The average molecular weight is 425 g/mol. The summed E-state index contributed by atoms with van der Waals surface area (Å²) in [5.41, 5.74) is 4.78. The van der Waals surface area contributed by atoms with E-state index < -0.39 is 0 Å². The SMILES string of the molecule is CO[C@H](Cc1ccccc1)Cc1cccc(-c2cncc(OC[C@@H]3CCN3)c2)c1.Cl. The van der Waals surface area contributed by atoms with Gasteiger partial charge in [0, 0.05) is 24.9 Å². The zero-order chi connectivity index (χ0) is 19.9. The highest BCUT2D eigenvalue weighted by Crippen LogP contribution is 2.25. The molecule has 0 amide bonds. The third-order valence-electron chi connectivity index (χ3n) is 5.45. The molecule has 30 heavy (non-hydrogen) atoms. The van der Waals surface area contributed by atoms with Gasteiger partial charge in [-0.3, -0.25) is 4.98 Å². The maximum atomic E-state index is 5.91. The number of ether oxygens (including phenoxy) is 2. The zero-order valence-electron chi connectivity index (χ0n) is 17.3. The third-order valence-corrected chi connectivity index (χ3v) is 5.45. The first kappa shape index (κ1) is 22.3. The van der Waals surface area contributed by atoms with Crippen LogP contribution in [0.2, 0.25) is 0 Å². The van der Waals surface area contributed by atoms with Crippen molar-refractivity contribution in [2.45, 2.75) is 31.4 Å². The first-order chi connectivity index (χ1) is 14.3. The Bertz CT molecular complexity index is 916. The first-order valence-corrected chi connectivity index (χ1v) is 10.3. The minimum atomic E-state index is 0. The lowest BCUT2D eigenvalue weighted by atomic mass is 9.98. The first-order valence-electron chi connectivity index (χ1n) is 10.3. The van der Waals surface area contributed by atoms with Gasteiger partial charge >= 0.3 is 0 Å². The number of methoxy groups -OCH3 is 1. The van der Waals surface area contributed by atoms with Crippen LogP contribution in [0.25, 0.3) is 11.1 Å². The number of pyridine rings is 1. The summed E-state index contributed by atoms with van der Waals surface area (Å²) in [7, 11) is 1.79. The molecule has 4 nitrogen and oxygen atoms in total. The monoisotopic (exact) mass is 424 g/mol. The molecule has 1 fully saturated rings. The quantitative estimate of drug-likeness (QED) is 0.540. The molecule has 0 aliphatic carbocycles. The van der Waals surface area contributed by atoms with Crippen LogP contribution >= 0.6 is 12.4 Å². The van der Waals surface area contributed by atoms with E-state index in [1.54, 1.807) is 13.3 Å². The van der Waals surface area contributed by atoms with Crippen LogP contribution in [0.4, 0.5) is 0 Å². The number of nitrogens with one attached hydrogen (secondary N) is 1. The smallest absolute Gasteiger partial charge is 0.138 e. The molecular formula is C25H29ClN2O2. The standard InChI is InChI=1S/C25H28N2O2.ClH/c1-28-24(13-19-6-3-2-4-7-19)14-20-8-5-9-21(12-20)22-15-25(17-26-16-22)29-18-23-10-11-27-23;/h2-9,12,15-17,23-24,27H,10-11,13-14,18H2,1H3;1H/t23-,24+;/m0./s1. The van der Waals surface area contributed by atoms with Gasteiger partial charge in [0.25, 0.3) is 0 Å². The molecule has 0 radical (unpaired) electrons. The predicted molar refractivity (Wildman–Crippen MR) is 123 cm³/mol. The van der Waals surface area contributed by atoms with Crippen LogP contribution in [0, 0.1) is 0 Å². The van der Waals surface area contributed by atoms with Crippen molar-refractivity contribution >= 4 is 12.4 Å². The minimum Gasteiger partial charge on any atom is -0.490 e. The fourth-order valence-corrected chi connectivity index (χ4v) is 3.60. The fraction of sp³-hybridized carbons (Fsp3) is 0.320. The van der Waals surface area contributed by atoms with Crippen LogP contribution in [0.5, 0.6) is 5.75 Å². The van der Waals surface area contributed by atoms with E-state index in [1.807, 2.05) is 12.3 Å². The highest BCUT2D eigenvalue weighted by Gasteiger charge is 2.17. The second-order valence-electron chi connectivity index (χ2n) is 7.61. The molecule has 0 spiro atoms. The molecule has 0 unspecified atom stereocenters. The van der Waals surface area contributed by atoms with E-state index in [0.29, 0.717) is 12.6 Å². The van der Waals surface area contributed by atoms with Crippen LogP contribution in [-0.4, -0.2) is 37.4 Å². The number of aromatic nitrogens is 1. The van der Waals surface area contributed by atoms with Gasteiger partial charge in [0.15, 0.2) is 0 Å². The van der Waals surface area contributed by atoms with Gasteiger partial charge in [-0.2, -0.15) is 0 Å². The van der Waals surface area contributed by atoms with Crippen LogP contribution in [0.1, 0.15) is 17.5 Å². The van der Waals surface area contributed by atoms with E-state index in [1.165, 1.54) is 17.5 Å². The minimum absolute atomic E-state index is 0. The lowest BCUT2D eigenvalue weighted by Gasteiger charge is -2.27. The van der Waals surface area contributed by atoms with Gasteiger partial charge in [0.05, 0.1) is 12.3 Å². The van der Waals surface area contributed by atoms with Crippen molar-refractivity contribution in [1.82, 2.24) is 10.3 Å². The molecule has 1 aromatic heterocycles. The molecule has 2 aromatic carbocycles. The van der Waals surface area contributed by atoms with Gasteiger partial charge in [-0.1, -0.05) is 54.6 Å². The molecule has 0 bridgehead atoms. The Labute approximate surface area is 185 Å². The van der Waals surface area contributed by atoms with Crippen LogP contribution in [0.3, 0.4) is 0 Å². The number of rotatable bonds is 9. The normalized spacial score (nSPS) is 16.2. The number of hydrogen-bond donors (Lipinski definition) is 1. The molecule has 4 rings (SSSR count). The highest BCUT2D eigenvalue weighted by atomic mass is 35.5. The van der Waals surface area contributed by atoms with Crippen LogP contribution in [0.15, 0.2) is 73.1 Å². The topological polar surface area (TPSA) is 43.4 Å². The Morgan fingerprint density at radius 1 is 0.967 bits per heavy atom. The van der Waals surface area contributed by atoms with Gasteiger partial charge < -0.3 is 14.8 Å². The Hall–Kier alpha value is -2.40. The second-order valence-corrected chi connectivity index (χ2v) is 7.61. The summed E-state index contributed by atoms with van der Waals surface area (Å²) in [6.45, 7) is 1.78. The summed E-state index contributed by atoms with van der Waals surface area (Å²) in [5, 5.41) is 3.35. The maximum Gasteiger partial charge on any atom is 0.138 e. The molecule has 1 saturated heterocycles.